The van der Waals surface area contributed by atoms with E-state index in [0.717, 1.165) is 22.2 Å². The summed E-state index contributed by atoms with van der Waals surface area (Å²) >= 11 is 0. The average Bonchev–Trinajstić information content (AvgIpc) is 3.50. The molecule has 2 heterocycles. The summed E-state index contributed by atoms with van der Waals surface area (Å²) in [5, 5.41) is 2.47. The zero-order valence-electron chi connectivity index (χ0n) is 18.0. The molecule has 2 heteroatoms. The molecule has 0 spiro atoms. The van der Waals surface area contributed by atoms with Crippen LogP contribution < -0.4 is 0 Å². The Morgan fingerprint density at radius 1 is 0.485 bits per heavy atom. The van der Waals surface area contributed by atoms with Crippen molar-refractivity contribution in [2.24, 2.45) is 0 Å². The van der Waals surface area contributed by atoms with Crippen molar-refractivity contribution in [2.45, 2.75) is 5.92 Å². The maximum Gasteiger partial charge on any atom is 0.0457 e. The van der Waals surface area contributed by atoms with Crippen LogP contribution in [0.15, 0.2) is 116 Å². The zero-order valence-corrected chi connectivity index (χ0v) is 18.0. The summed E-state index contributed by atoms with van der Waals surface area (Å²) in [6, 6.07) is 35.7. The van der Waals surface area contributed by atoms with Gasteiger partial charge in [-0.1, -0.05) is 84.6 Å². The summed E-state index contributed by atoms with van der Waals surface area (Å²) < 4.78 is 0. The molecule has 0 unspecified atom stereocenters. The second-order valence-electron chi connectivity index (χ2n) is 8.22. The summed E-state index contributed by atoms with van der Waals surface area (Å²) in [5.41, 5.74) is 8.06. The van der Waals surface area contributed by atoms with Gasteiger partial charge in [0.2, 0.25) is 0 Å². The van der Waals surface area contributed by atoms with Gasteiger partial charge in [-0.15, -0.1) is 0 Å². The van der Waals surface area contributed by atoms with Gasteiger partial charge >= 0.3 is 0 Å². The van der Waals surface area contributed by atoms with Crippen LogP contribution in [0.3, 0.4) is 0 Å². The van der Waals surface area contributed by atoms with Crippen LogP contribution in [-0.4, -0.2) is 9.97 Å². The highest BCUT2D eigenvalue weighted by Crippen LogP contribution is 2.40. The Morgan fingerprint density at radius 3 is 1.70 bits per heavy atom. The SMILES string of the molecule is C(#Cc1ccccc1C(c1c[nH]c2ccccc12)c1c[nH]c2ccccc12)c1ccccc1. The number of aromatic amines is 2. The molecule has 0 radical (unpaired) electrons. The first kappa shape index (κ1) is 19.2. The number of aromatic nitrogens is 2. The van der Waals surface area contributed by atoms with Crippen molar-refractivity contribution in [3.63, 3.8) is 0 Å². The van der Waals surface area contributed by atoms with Crippen LogP contribution in [0.2, 0.25) is 0 Å². The predicted octanol–water partition coefficient (Wildman–Crippen LogP) is 7.23. The van der Waals surface area contributed by atoms with Crippen molar-refractivity contribution in [2.75, 3.05) is 0 Å². The molecule has 0 aliphatic rings. The molecule has 0 aliphatic heterocycles. The third kappa shape index (κ3) is 3.50. The standard InChI is InChI=1S/C31H22N2/c1-2-10-22(11-3-1)18-19-23-12-4-5-13-24(23)31(27-20-32-29-16-8-6-14-25(27)29)28-21-33-30-17-9-7-15-26(28)30/h1-17,20-21,31-33H. The van der Waals surface area contributed by atoms with Gasteiger partial charge in [0.1, 0.15) is 0 Å². The first-order valence-corrected chi connectivity index (χ1v) is 11.2. The van der Waals surface area contributed by atoms with Gasteiger partial charge in [0.05, 0.1) is 0 Å². The lowest BCUT2D eigenvalue weighted by Gasteiger charge is -2.19. The number of nitrogens with one attached hydrogen (secondary N) is 2. The monoisotopic (exact) mass is 422 g/mol. The molecule has 0 saturated carbocycles. The van der Waals surface area contributed by atoms with E-state index in [4.69, 9.17) is 0 Å². The number of rotatable bonds is 3. The molecule has 0 bridgehead atoms. The van der Waals surface area contributed by atoms with E-state index >= 15 is 0 Å². The molecule has 2 aromatic heterocycles. The van der Waals surface area contributed by atoms with Gasteiger partial charge in [-0.2, -0.15) is 0 Å². The van der Waals surface area contributed by atoms with Crippen LogP contribution in [0.1, 0.15) is 33.7 Å². The molecule has 0 aliphatic carbocycles. The van der Waals surface area contributed by atoms with Gasteiger partial charge in [0, 0.05) is 51.2 Å². The third-order valence-electron chi connectivity index (χ3n) is 6.25. The normalized spacial score (nSPS) is 11.1. The zero-order chi connectivity index (χ0) is 22.0. The van der Waals surface area contributed by atoms with Gasteiger partial charge in [0.25, 0.3) is 0 Å². The Kier molecular flexibility index (Phi) is 4.79. The van der Waals surface area contributed by atoms with E-state index < -0.39 is 0 Å². The fourth-order valence-corrected chi connectivity index (χ4v) is 4.69. The second-order valence-corrected chi connectivity index (χ2v) is 8.22. The van der Waals surface area contributed by atoms with E-state index in [0.29, 0.717) is 0 Å². The van der Waals surface area contributed by atoms with Crippen LogP contribution in [0.25, 0.3) is 21.8 Å². The van der Waals surface area contributed by atoms with E-state index in [2.05, 4.69) is 107 Å². The average molecular weight is 423 g/mol. The lowest BCUT2D eigenvalue weighted by Crippen LogP contribution is -2.05. The fourth-order valence-electron chi connectivity index (χ4n) is 4.69. The molecule has 2 nitrogen and oxygen atoms in total. The van der Waals surface area contributed by atoms with Crippen molar-refractivity contribution in [3.05, 3.63) is 143 Å². The number of H-pyrrole nitrogens is 2. The van der Waals surface area contributed by atoms with Crippen molar-refractivity contribution in [1.82, 2.24) is 9.97 Å². The lowest BCUT2D eigenvalue weighted by molar-refractivity contribution is 0.993. The number of hydrogen-bond donors (Lipinski definition) is 2. The molecule has 4 aromatic carbocycles. The van der Waals surface area contributed by atoms with Crippen LogP contribution >= 0.6 is 0 Å². The summed E-state index contributed by atoms with van der Waals surface area (Å²) in [6.45, 7) is 0. The molecule has 0 fully saturated rings. The Bertz CT molecular complexity index is 1550. The lowest BCUT2D eigenvalue weighted by atomic mass is 9.82. The summed E-state index contributed by atoms with van der Waals surface area (Å²) in [4.78, 5) is 6.96. The minimum Gasteiger partial charge on any atom is -0.361 e. The van der Waals surface area contributed by atoms with Gasteiger partial charge < -0.3 is 9.97 Å². The number of benzene rings is 4. The molecular formula is C31H22N2. The van der Waals surface area contributed by atoms with Gasteiger partial charge in [-0.25, -0.2) is 0 Å². The molecule has 156 valence electrons. The van der Waals surface area contributed by atoms with Crippen LogP contribution in [0.5, 0.6) is 0 Å². The Morgan fingerprint density at radius 2 is 1.03 bits per heavy atom. The van der Waals surface area contributed by atoms with E-state index in [-0.39, 0.29) is 5.92 Å². The smallest absolute Gasteiger partial charge is 0.0457 e. The van der Waals surface area contributed by atoms with Crippen molar-refractivity contribution in [1.29, 1.82) is 0 Å². The van der Waals surface area contributed by atoms with E-state index in [1.807, 2.05) is 30.3 Å². The van der Waals surface area contributed by atoms with Crippen molar-refractivity contribution in [3.8, 4) is 11.8 Å². The predicted molar refractivity (Wildman–Crippen MR) is 136 cm³/mol. The van der Waals surface area contributed by atoms with Gasteiger partial charge in [-0.05, 0) is 47.0 Å². The molecule has 6 rings (SSSR count). The number of para-hydroxylation sites is 2. The molecule has 0 atom stereocenters. The minimum absolute atomic E-state index is 0.0403. The maximum absolute atomic E-state index is 3.48. The van der Waals surface area contributed by atoms with Gasteiger partial charge in [0.15, 0.2) is 0 Å². The topological polar surface area (TPSA) is 31.6 Å². The summed E-state index contributed by atoms with van der Waals surface area (Å²) in [7, 11) is 0. The highest BCUT2D eigenvalue weighted by atomic mass is 14.7. The Hall–Kier alpha value is -4.48. The largest absolute Gasteiger partial charge is 0.361 e. The van der Waals surface area contributed by atoms with E-state index in [9.17, 15) is 0 Å². The molecule has 6 aromatic rings. The first-order valence-electron chi connectivity index (χ1n) is 11.2. The molecule has 0 saturated heterocycles. The van der Waals surface area contributed by atoms with Crippen molar-refractivity contribution < 1.29 is 0 Å². The molecule has 33 heavy (non-hydrogen) atoms. The van der Waals surface area contributed by atoms with Crippen LogP contribution in [0, 0.1) is 11.8 Å². The van der Waals surface area contributed by atoms with Crippen LogP contribution in [-0.2, 0) is 0 Å². The van der Waals surface area contributed by atoms with Crippen molar-refractivity contribution >= 4 is 21.8 Å². The Balaban J connectivity index is 1.59. The first-order chi connectivity index (χ1) is 16.4. The van der Waals surface area contributed by atoms with Gasteiger partial charge in [-0.3, -0.25) is 0 Å². The highest BCUT2D eigenvalue weighted by molar-refractivity contribution is 5.89. The summed E-state index contributed by atoms with van der Waals surface area (Å²) in [6.07, 6.45) is 4.30. The highest BCUT2D eigenvalue weighted by Gasteiger charge is 2.24. The second kappa shape index (κ2) is 8.22. The number of hydrogen-bond acceptors (Lipinski definition) is 0. The fraction of sp³-hybridized carbons (Fsp3) is 0.0323. The minimum atomic E-state index is 0.0403. The van der Waals surface area contributed by atoms with E-state index in [1.54, 1.807) is 0 Å². The Labute approximate surface area is 192 Å². The quantitative estimate of drug-likeness (QED) is 0.282. The molecule has 0 amide bonds. The number of fused-ring (bicyclic) bond motifs is 2. The maximum atomic E-state index is 3.48. The van der Waals surface area contributed by atoms with Crippen LogP contribution in [0.4, 0.5) is 0 Å². The van der Waals surface area contributed by atoms with E-state index in [1.165, 1.54) is 27.5 Å². The molecule has 2 N–H and O–H groups in total. The molecular weight excluding hydrogens is 400 g/mol. The summed E-state index contributed by atoms with van der Waals surface area (Å²) in [5.74, 6) is 6.86. The third-order valence-corrected chi connectivity index (χ3v) is 6.25.